The topological polar surface area (TPSA) is 29.8 Å². The summed E-state index contributed by atoms with van der Waals surface area (Å²) in [6, 6.07) is 13.7. The monoisotopic (exact) mass is 425 g/mol. The molecule has 1 aliphatic rings. The molecule has 7 heteroatoms. The summed E-state index contributed by atoms with van der Waals surface area (Å²) in [5, 5.41) is 0.281. The Morgan fingerprint density at radius 1 is 0.839 bits per heavy atom. The Morgan fingerprint density at radius 3 is 2.29 bits per heavy atom. The fraction of sp³-hybridized carbons (Fsp3) is 0.0417. The third kappa shape index (κ3) is 3.13. The number of alkyl halides is 3. The van der Waals surface area contributed by atoms with E-state index in [2.05, 4.69) is 9.98 Å². The van der Waals surface area contributed by atoms with Gasteiger partial charge in [0.2, 0.25) is 5.69 Å². The molecule has 0 saturated carbocycles. The second-order valence-corrected chi connectivity index (χ2v) is 7.18. The van der Waals surface area contributed by atoms with Crippen molar-refractivity contribution >= 4 is 34.0 Å². The van der Waals surface area contributed by atoms with Crippen molar-refractivity contribution in [3.8, 4) is 0 Å². The van der Waals surface area contributed by atoms with Crippen molar-refractivity contribution in [2.24, 2.45) is 0 Å². The standard InChI is InChI=1S/C24H13F5N2/c25-17-3-1-5-19-22(17)15(11-30-19)21(13-7-9-14(10-8-13)24(27,28)29)16-12-31-20-6-2-4-18(26)23(16)20/h1-12,30H/p+1. The minimum absolute atomic E-state index is 0.281. The zero-order valence-electron chi connectivity index (χ0n) is 15.8. The number of allylic oxidation sites excluding steroid dienone is 1. The van der Waals surface area contributed by atoms with Crippen LogP contribution in [0.25, 0.3) is 22.0 Å². The van der Waals surface area contributed by atoms with Crippen LogP contribution in [0.15, 0.2) is 66.9 Å². The lowest BCUT2D eigenvalue weighted by molar-refractivity contribution is -0.343. The van der Waals surface area contributed by atoms with E-state index in [1.807, 2.05) is 0 Å². The van der Waals surface area contributed by atoms with Gasteiger partial charge in [0, 0.05) is 34.3 Å². The molecule has 5 rings (SSSR count). The van der Waals surface area contributed by atoms with Gasteiger partial charge in [0.1, 0.15) is 11.6 Å². The average molecular weight is 425 g/mol. The van der Waals surface area contributed by atoms with Crippen LogP contribution in [0.2, 0.25) is 0 Å². The first-order chi connectivity index (χ1) is 14.8. The number of hydrogen-bond acceptors (Lipinski definition) is 0. The molecule has 0 unspecified atom stereocenters. The summed E-state index contributed by atoms with van der Waals surface area (Å²) in [6.45, 7) is 0. The number of halogens is 5. The molecule has 31 heavy (non-hydrogen) atoms. The van der Waals surface area contributed by atoms with Crippen molar-refractivity contribution in [1.29, 1.82) is 0 Å². The number of aromatic amines is 1. The summed E-state index contributed by atoms with van der Waals surface area (Å²) < 4.78 is 68.7. The molecule has 3 aromatic carbocycles. The third-order valence-corrected chi connectivity index (χ3v) is 5.35. The zero-order valence-corrected chi connectivity index (χ0v) is 15.8. The Bertz CT molecular complexity index is 1380. The quantitative estimate of drug-likeness (QED) is 0.413. The zero-order chi connectivity index (χ0) is 21.8. The smallest absolute Gasteiger partial charge is 0.360 e. The van der Waals surface area contributed by atoms with Crippen molar-refractivity contribution in [2.75, 3.05) is 0 Å². The molecule has 2 nitrogen and oxygen atoms in total. The molecule has 0 saturated heterocycles. The van der Waals surface area contributed by atoms with E-state index >= 15 is 0 Å². The number of hydrogen-bond donors (Lipinski definition) is 2. The van der Waals surface area contributed by atoms with Gasteiger partial charge in [-0.3, -0.25) is 0 Å². The van der Waals surface area contributed by atoms with E-state index < -0.39 is 23.4 Å². The maximum absolute atomic E-state index is 14.7. The largest absolute Gasteiger partial charge is 0.416 e. The van der Waals surface area contributed by atoms with Gasteiger partial charge >= 0.3 is 6.18 Å². The Balaban J connectivity index is 1.83. The van der Waals surface area contributed by atoms with Gasteiger partial charge in [-0.1, -0.05) is 24.3 Å². The highest BCUT2D eigenvalue weighted by atomic mass is 19.4. The van der Waals surface area contributed by atoms with Crippen molar-refractivity contribution < 1.29 is 26.9 Å². The van der Waals surface area contributed by atoms with E-state index in [9.17, 15) is 22.0 Å². The van der Waals surface area contributed by atoms with Crippen molar-refractivity contribution in [3.63, 3.8) is 0 Å². The molecule has 0 aliphatic carbocycles. The van der Waals surface area contributed by atoms with Gasteiger partial charge in [-0.2, -0.15) is 13.2 Å². The highest BCUT2D eigenvalue weighted by Gasteiger charge is 2.32. The van der Waals surface area contributed by atoms with Crippen LogP contribution in [0.1, 0.15) is 22.3 Å². The molecule has 154 valence electrons. The van der Waals surface area contributed by atoms with Crippen LogP contribution in [0, 0.1) is 11.6 Å². The summed E-state index contributed by atoms with van der Waals surface area (Å²) in [7, 11) is 0. The van der Waals surface area contributed by atoms with Crippen LogP contribution < -0.4 is 4.99 Å². The fourth-order valence-corrected chi connectivity index (χ4v) is 3.96. The van der Waals surface area contributed by atoms with Gasteiger partial charge in [-0.05, 0) is 35.9 Å². The minimum Gasteiger partial charge on any atom is -0.360 e. The number of benzene rings is 3. The van der Waals surface area contributed by atoms with E-state index in [1.54, 1.807) is 36.7 Å². The van der Waals surface area contributed by atoms with Gasteiger partial charge in [0.25, 0.3) is 0 Å². The molecule has 1 aromatic heterocycles. The van der Waals surface area contributed by atoms with E-state index in [1.165, 1.54) is 24.3 Å². The number of H-pyrrole nitrogens is 1. The van der Waals surface area contributed by atoms with Crippen molar-refractivity contribution in [1.82, 2.24) is 4.98 Å². The first kappa shape index (κ1) is 19.2. The van der Waals surface area contributed by atoms with Crippen LogP contribution in [-0.4, -0.2) is 11.2 Å². The molecule has 2 heterocycles. The van der Waals surface area contributed by atoms with Crippen LogP contribution in [0.4, 0.5) is 27.6 Å². The summed E-state index contributed by atoms with van der Waals surface area (Å²) >= 11 is 0. The van der Waals surface area contributed by atoms with Gasteiger partial charge in [-0.25, -0.2) is 13.8 Å². The molecule has 0 bridgehead atoms. The number of nitrogens with one attached hydrogen (secondary N) is 2. The summed E-state index contributed by atoms with van der Waals surface area (Å²) in [5.41, 5.74) is 2.21. The van der Waals surface area contributed by atoms with E-state index in [0.717, 1.165) is 12.1 Å². The van der Waals surface area contributed by atoms with E-state index in [0.29, 0.717) is 33.5 Å². The maximum atomic E-state index is 14.7. The minimum atomic E-state index is -4.49. The Kier molecular flexibility index (Phi) is 4.28. The molecule has 0 atom stereocenters. The molecule has 0 radical (unpaired) electrons. The van der Waals surface area contributed by atoms with Gasteiger partial charge in [0.15, 0.2) is 6.21 Å². The molecule has 1 aliphatic heterocycles. The summed E-state index contributed by atoms with van der Waals surface area (Å²) in [4.78, 5) is 5.99. The number of aromatic nitrogens is 1. The second-order valence-electron chi connectivity index (χ2n) is 7.18. The lowest BCUT2D eigenvalue weighted by atomic mass is 9.89. The van der Waals surface area contributed by atoms with Gasteiger partial charge in [-0.15, -0.1) is 0 Å². The van der Waals surface area contributed by atoms with Crippen LogP contribution in [-0.2, 0) is 6.18 Å². The second kappa shape index (κ2) is 6.91. The predicted molar refractivity (Wildman–Crippen MR) is 109 cm³/mol. The van der Waals surface area contributed by atoms with Crippen molar-refractivity contribution in [2.45, 2.75) is 6.18 Å². The molecular formula is C24H14F5N2+. The SMILES string of the molecule is Fc1cccc2c1C(=C(c1ccc(C(F)(F)F)cc1)c1c[nH]c3cccc(F)c13)C=[NH+]2. The predicted octanol–water partition coefficient (Wildman–Crippen LogP) is 5.22. The normalized spacial score (nSPS) is 14.9. The number of fused-ring (bicyclic) bond motifs is 2. The molecule has 0 amide bonds. The Labute approximate surface area is 173 Å². The molecular weight excluding hydrogens is 411 g/mol. The van der Waals surface area contributed by atoms with E-state index in [-0.39, 0.29) is 10.9 Å². The molecule has 4 aromatic rings. The lowest BCUT2D eigenvalue weighted by Crippen LogP contribution is -2.58. The highest BCUT2D eigenvalue weighted by Crippen LogP contribution is 2.40. The van der Waals surface area contributed by atoms with Crippen LogP contribution >= 0.6 is 0 Å². The van der Waals surface area contributed by atoms with E-state index in [4.69, 9.17) is 0 Å². The van der Waals surface area contributed by atoms with Crippen LogP contribution in [0.5, 0.6) is 0 Å². The molecule has 0 spiro atoms. The summed E-state index contributed by atoms with van der Waals surface area (Å²) in [6.07, 6.45) is -1.32. The molecule has 2 N–H and O–H groups in total. The Morgan fingerprint density at radius 2 is 1.55 bits per heavy atom. The van der Waals surface area contributed by atoms with Crippen molar-refractivity contribution in [3.05, 3.63) is 101 Å². The third-order valence-electron chi connectivity index (χ3n) is 5.35. The fourth-order valence-electron chi connectivity index (χ4n) is 3.96. The first-order valence-corrected chi connectivity index (χ1v) is 9.41. The average Bonchev–Trinajstić information content (AvgIpc) is 3.35. The van der Waals surface area contributed by atoms with Crippen LogP contribution in [0.3, 0.4) is 0 Å². The first-order valence-electron chi connectivity index (χ1n) is 9.41. The maximum Gasteiger partial charge on any atom is 0.416 e. The van der Waals surface area contributed by atoms with Gasteiger partial charge in [0.05, 0.1) is 16.7 Å². The van der Waals surface area contributed by atoms with Gasteiger partial charge < -0.3 is 4.98 Å². The lowest BCUT2D eigenvalue weighted by Gasteiger charge is -2.13. The highest BCUT2D eigenvalue weighted by molar-refractivity contribution is 6.24. The summed E-state index contributed by atoms with van der Waals surface area (Å²) in [5.74, 6) is -0.975. The number of rotatable bonds is 2. The molecule has 0 fully saturated rings. The Hall–Kier alpha value is -3.74.